The number of carbonyl (C=O) groups is 1. The molecular weight excluding hydrogens is 486 g/mol. The summed E-state index contributed by atoms with van der Waals surface area (Å²) < 4.78 is 8.17. The lowest BCUT2D eigenvalue weighted by Gasteiger charge is -2.07. The van der Waals surface area contributed by atoms with E-state index in [1.807, 2.05) is 95.8 Å². The first-order valence-corrected chi connectivity index (χ1v) is 12.0. The number of thioether (sulfide) groups is 1. The average Bonchev–Trinajstić information content (AvgIpc) is 3.42. The zero-order valence-electron chi connectivity index (χ0n) is 17.8. The molecule has 5 rings (SSSR count). The highest BCUT2D eigenvalue weighted by Gasteiger charge is 2.23. The summed E-state index contributed by atoms with van der Waals surface area (Å²) in [6, 6.07) is 25.2. The van der Waals surface area contributed by atoms with Gasteiger partial charge in [-0.1, -0.05) is 65.9 Å². The van der Waals surface area contributed by atoms with Crippen molar-refractivity contribution in [3.05, 3.63) is 106 Å². The van der Waals surface area contributed by atoms with Gasteiger partial charge in [0.15, 0.2) is 0 Å². The van der Waals surface area contributed by atoms with Crippen LogP contribution in [0.1, 0.15) is 11.1 Å². The van der Waals surface area contributed by atoms with Crippen LogP contribution in [0.3, 0.4) is 0 Å². The minimum absolute atomic E-state index is 0.195. The van der Waals surface area contributed by atoms with Gasteiger partial charge in [-0.25, -0.2) is 4.68 Å². The van der Waals surface area contributed by atoms with Gasteiger partial charge >= 0.3 is 0 Å². The standard InChI is InChI=1S/C26H18ClN3O2S2/c27-20-10-6-17(7-11-20)16-32-22-12-8-18(9-13-22)24-19(14-23-25(31)28-26(33)34-23)15-30(29-24)21-4-2-1-3-5-21/h1-15H,16H2,(H,28,31,33). The molecule has 1 amide bonds. The minimum Gasteiger partial charge on any atom is -0.489 e. The first kappa shape index (κ1) is 22.4. The number of carbonyl (C=O) groups excluding carboxylic acids is 1. The summed E-state index contributed by atoms with van der Waals surface area (Å²) in [6.07, 6.45) is 3.74. The second-order valence-corrected chi connectivity index (χ2v) is 9.66. The van der Waals surface area contributed by atoms with Crippen LogP contribution >= 0.6 is 35.6 Å². The highest BCUT2D eigenvalue weighted by Crippen LogP contribution is 2.31. The molecule has 168 valence electrons. The van der Waals surface area contributed by atoms with Gasteiger partial charge < -0.3 is 10.1 Å². The molecule has 1 saturated heterocycles. The third kappa shape index (κ3) is 5.07. The summed E-state index contributed by atoms with van der Waals surface area (Å²) in [4.78, 5) is 12.8. The van der Waals surface area contributed by atoms with Crippen LogP contribution in [-0.2, 0) is 11.4 Å². The maximum Gasteiger partial charge on any atom is 0.263 e. The number of hydrogen-bond acceptors (Lipinski definition) is 5. The van der Waals surface area contributed by atoms with Gasteiger partial charge in [0.2, 0.25) is 0 Å². The molecule has 1 N–H and O–H groups in total. The number of aromatic nitrogens is 2. The van der Waals surface area contributed by atoms with Crippen molar-refractivity contribution < 1.29 is 9.53 Å². The molecule has 0 spiro atoms. The smallest absolute Gasteiger partial charge is 0.263 e. The Hall–Kier alpha value is -3.39. The molecule has 1 aromatic heterocycles. The Morgan fingerprint density at radius 3 is 2.44 bits per heavy atom. The largest absolute Gasteiger partial charge is 0.489 e. The van der Waals surface area contributed by atoms with Crippen molar-refractivity contribution in [3.63, 3.8) is 0 Å². The van der Waals surface area contributed by atoms with Gasteiger partial charge in [0.1, 0.15) is 16.7 Å². The number of benzene rings is 3. The lowest BCUT2D eigenvalue weighted by atomic mass is 10.1. The number of halogens is 1. The van der Waals surface area contributed by atoms with E-state index < -0.39 is 0 Å². The summed E-state index contributed by atoms with van der Waals surface area (Å²) in [6.45, 7) is 0.447. The van der Waals surface area contributed by atoms with Crippen LogP contribution in [-0.4, -0.2) is 20.0 Å². The van der Waals surface area contributed by atoms with E-state index in [9.17, 15) is 4.79 Å². The number of rotatable bonds is 6. The summed E-state index contributed by atoms with van der Waals surface area (Å²) in [5.41, 5.74) is 4.45. The molecule has 0 radical (unpaired) electrons. The molecule has 0 aliphatic carbocycles. The second kappa shape index (κ2) is 9.85. The van der Waals surface area contributed by atoms with Gasteiger partial charge in [-0.15, -0.1) is 0 Å². The Morgan fingerprint density at radius 2 is 1.76 bits per heavy atom. The van der Waals surface area contributed by atoms with E-state index in [2.05, 4.69) is 5.32 Å². The van der Waals surface area contributed by atoms with Crippen LogP contribution in [0.4, 0.5) is 0 Å². The molecule has 4 aromatic rings. The predicted octanol–water partition coefficient (Wildman–Crippen LogP) is 6.26. The Balaban J connectivity index is 1.44. The van der Waals surface area contributed by atoms with Crippen molar-refractivity contribution in [2.45, 2.75) is 6.61 Å². The normalized spacial score (nSPS) is 14.4. The lowest BCUT2D eigenvalue weighted by Crippen LogP contribution is -2.17. The number of nitrogens with one attached hydrogen (secondary N) is 1. The molecule has 1 aliphatic rings. The molecule has 5 nitrogen and oxygen atoms in total. The molecular formula is C26H18ClN3O2S2. The van der Waals surface area contributed by atoms with Crippen molar-refractivity contribution in [2.75, 3.05) is 0 Å². The Labute approximate surface area is 211 Å². The third-order valence-electron chi connectivity index (χ3n) is 5.14. The molecule has 1 aliphatic heterocycles. The Kier molecular flexibility index (Phi) is 6.49. The molecule has 34 heavy (non-hydrogen) atoms. The van der Waals surface area contributed by atoms with Gasteiger partial charge in [-0.2, -0.15) is 5.10 Å². The molecule has 0 bridgehead atoms. The number of ether oxygens (including phenoxy) is 1. The average molecular weight is 504 g/mol. The van der Waals surface area contributed by atoms with Crippen molar-refractivity contribution in [1.82, 2.24) is 15.1 Å². The van der Waals surface area contributed by atoms with E-state index in [1.165, 1.54) is 11.8 Å². The maximum absolute atomic E-state index is 12.2. The van der Waals surface area contributed by atoms with Crippen molar-refractivity contribution in [1.29, 1.82) is 0 Å². The van der Waals surface area contributed by atoms with Crippen LogP contribution in [0.15, 0.2) is 90.0 Å². The van der Waals surface area contributed by atoms with Gasteiger partial charge in [0, 0.05) is 22.3 Å². The van der Waals surface area contributed by atoms with E-state index in [1.54, 1.807) is 0 Å². The first-order chi connectivity index (χ1) is 16.5. The zero-order chi connectivity index (χ0) is 23.5. The first-order valence-electron chi connectivity index (χ1n) is 10.4. The third-order valence-corrected chi connectivity index (χ3v) is 6.55. The van der Waals surface area contributed by atoms with Crippen LogP contribution < -0.4 is 10.1 Å². The number of nitrogens with zero attached hydrogens (tertiary/aromatic N) is 2. The Bertz CT molecular complexity index is 1380. The molecule has 3 aromatic carbocycles. The molecule has 0 saturated carbocycles. The van der Waals surface area contributed by atoms with Gasteiger partial charge in [-0.05, 0) is 60.2 Å². The van der Waals surface area contributed by atoms with Crippen molar-refractivity contribution in [2.24, 2.45) is 0 Å². The number of hydrogen-bond donors (Lipinski definition) is 1. The number of para-hydroxylation sites is 1. The maximum atomic E-state index is 12.2. The van der Waals surface area contributed by atoms with E-state index in [0.29, 0.717) is 20.9 Å². The minimum atomic E-state index is -0.195. The molecule has 1 fully saturated rings. The van der Waals surface area contributed by atoms with Crippen molar-refractivity contribution >= 4 is 51.9 Å². The number of amides is 1. The molecule has 8 heteroatoms. The van der Waals surface area contributed by atoms with Crippen LogP contribution in [0.5, 0.6) is 5.75 Å². The number of thiocarbonyl (C=S) groups is 1. The van der Waals surface area contributed by atoms with E-state index in [-0.39, 0.29) is 5.91 Å². The summed E-state index contributed by atoms with van der Waals surface area (Å²) >= 11 is 12.3. The lowest BCUT2D eigenvalue weighted by molar-refractivity contribution is -0.115. The SMILES string of the molecule is O=C1NC(=S)SC1=Cc1cn(-c2ccccc2)nc1-c1ccc(OCc2ccc(Cl)cc2)cc1. The van der Waals surface area contributed by atoms with Crippen LogP contribution in [0, 0.1) is 0 Å². The molecule has 0 atom stereocenters. The molecule has 2 heterocycles. The van der Waals surface area contributed by atoms with E-state index in [4.69, 9.17) is 33.7 Å². The summed E-state index contributed by atoms with van der Waals surface area (Å²) in [5.74, 6) is 0.552. The monoisotopic (exact) mass is 503 g/mol. The quantitative estimate of drug-likeness (QED) is 0.248. The predicted molar refractivity (Wildman–Crippen MR) is 141 cm³/mol. The Morgan fingerprint density at radius 1 is 1.03 bits per heavy atom. The van der Waals surface area contributed by atoms with Crippen molar-refractivity contribution in [3.8, 4) is 22.7 Å². The summed E-state index contributed by atoms with van der Waals surface area (Å²) in [5, 5.41) is 8.17. The van der Waals surface area contributed by atoms with Crippen LogP contribution in [0.2, 0.25) is 5.02 Å². The highest BCUT2D eigenvalue weighted by molar-refractivity contribution is 8.26. The topological polar surface area (TPSA) is 56.2 Å². The second-order valence-electron chi connectivity index (χ2n) is 7.50. The molecule has 0 unspecified atom stereocenters. The van der Waals surface area contributed by atoms with E-state index >= 15 is 0 Å². The fraction of sp³-hybridized carbons (Fsp3) is 0.0385. The highest BCUT2D eigenvalue weighted by atomic mass is 35.5. The van der Waals surface area contributed by atoms with Gasteiger partial charge in [0.05, 0.1) is 16.3 Å². The van der Waals surface area contributed by atoms with E-state index in [0.717, 1.165) is 33.8 Å². The summed E-state index contributed by atoms with van der Waals surface area (Å²) in [7, 11) is 0. The van der Waals surface area contributed by atoms with Gasteiger partial charge in [-0.3, -0.25) is 4.79 Å². The fourth-order valence-corrected chi connectivity index (χ4v) is 4.61. The fourth-order valence-electron chi connectivity index (χ4n) is 3.45. The van der Waals surface area contributed by atoms with Crippen LogP contribution in [0.25, 0.3) is 23.0 Å². The zero-order valence-corrected chi connectivity index (χ0v) is 20.2. The van der Waals surface area contributed by atoms with Gasteiger partial charge in [0.25, 0.3) is 5.91 Å².